The second kappa shape index (κ2) is 7.90. The normalized spacial score (nSPS) is 9.71. The van der Waals surface area contributed by atoms with Gasteiger partial charge >= 0.3 is 5.97 Å². The topological polar surface area (TPSA) is 35.5 Å². The number of carbonyl (C=O) groups excluding carboxylic acids is 1. The van der Waals surface area contributed by atoms with E-state index in [1.54, 1.807) is 18.2 Å². The van der Waals surface area contributed by atoms with Crippen LogP contribution in [0.15, 0.2) is 36.9 Å². The Hall–Kier alpha value is -1.29. The highest BCUT2D eigenvalue weighted by molar-refractivity contribution is 9.09. The Bertz CT molecular complexity index is 377. The zero-order valence-electron chi connectivity index (χ0n) is 9.52. The van der Waals surface area contributed by atoms with Crippen LogP contribution in [0.1, 0.15) is 12.8 Å². The lowest BCUT2D eigenvalue weighted by molar-refractivity contribution is -0.129. The molecular formula is C13H15BrO3. The summed E-state index contributed by atoms with van der Waals surface area (Å²) in [5, 5.41) is 0.962. The molecule has 0 unspecified atom stereocenters. The molecule has 0 aromatic heterocycles. The number of para-hydroxylation sites is 2. The standard InChI is InChI=1S/C13H15BrO3/c1-2-13(15)17-12-8-4-3-7-11(12)16-10-6-5-9-14/h2-4,7-8H,1,5-6,9-10H2. The fraction of sp³-hybridized carbons (Fsp3) is 0.308. The quantitative estimate of drug-likeness (QED) is 0.255. The SMILES string of the molecule is C=CC(=O)Oc1ccccc1OCCCCBr. The number of halogens is 1. The molecule has 0 aliphatic heterocycles. The summed E-state index contributed by atoms with van der Waals surface area (Å²) in [5.41, 5.74) is 0. The molecular weight excluding hydrogens is 284 g/mol. The number of ether oxygens (including phenoxy) is 2. The number of hydrogen-bond acceptors (Lipinski definition) is 3. The van der Waals surface area contributed by atoms with Crippen molar-refractivity contribution < 1.29 is 14.3 Å². The Kier molecular flexibility index (Phi) is 6.40. The van der Waals surface area contributed by atoms with Gasteiger partial charge in [0.15, 0.2) is 11.5 Å². The smallest absolute Gasteiger partial charge is 0.335 e. The Morgan fingerprint density at radius 3 is 2.65 bits per heavy atom. The van der Waals surface area contributed by atoms with Crippen molar-refractivity contribution in [3.05, 3.63) is 36.9 Å². The van der Waals surface area contributed by atoms with Gasteiger partial charge in [-0.3, -0.25) is 0 Å². The van der Waals surface area contributed by atoms with Gasteiger partial charge in [-0.1, -0.05) is 34.6 Å². The van der Waals surface area contributed by atoms with Gasteiger partial charge in [-0.25, -0.2) is 4.79 Å². The van der Waals surface area contributed by atoms with Crippen molar-refractivity contribution in [2.75, 3.05) is 11.9 Å². The minimum Gasteiger partial charge on any atom is -0.490 e. The Morgan fingerprint density at radius 2 is 2.00 bits per heavy atom. The minimum absolute atomic E-state index is 0.427. The Balaban J connectivity index is 2.57. The van der Waals surface area contributed by atoms with Crippen LogP contribution in [0.2, 0.25) is 0 Å². The highest BCUT2D eigenvalue weighted by atomic mass is 79.9. The van der Waals surface area contributed by atoms with E-state index in [0.29, 0.717) is 18.1 Å². The van der Waals surface area contributed by atoms with E-state index in [2.05, 4.69) is 22.5 Å². The number of unbranched alkanes of at least 4 members (excludes halogenated alkanes) is 1. The van der Waals surface area contributed by atoms with E-state index in [4.69, 9.17) is 9.47 Å². The van der Waals surface area contributed by atoms with Crippen LogP contribution in [0, 0.1) is 0 Å². The summed E-state index contributed by atoms with van der Waals surface area (Å²) >= 11 is 3.36. The molecule has 0 radical (unpaired) electrons. The summed E-state index contributed by atoms with van der Waals surface area (Å²) in [4.78, 5) is 11.1. The molecule has 1 aromatic carbocycles. The number of hydrogen-bond donors (Lipinski definition) is 0. The molecule has 17 heavy (non-hydrogen) atoms. The maximum absolute atomic E-state index is 11.1. The molecule has 3 nitrogen and oxygen atoms in total. The number of benzene rings is 1. The van der Waals surface area contributed by atoms with Crippen molar-refractivity contribution in [3.63, 3.8) is 0 Å². The zero-order chi connectivity index (χ0) is 12.5. The number of carbonyl (C=O) groups is 1. The van der Waals surface area contributed by atoms with E-state index >= 15 is 0 Å². The molecule has 0 bridgehead atoms. The van der Waals surface area contributed by atoms with Gasteiger partial charge in [0.05, 0.1) is 6.61 Å². The fourth-order valence-corrected chi connectivity index (χ4v) is 1.58. The number of alkyl halides is 1. The van der Waals surface area contributed by atoms with Gasteiger partial charge in [0, 0.05) is 11.4 Å². The van der Waals surface area contributed by atoms with E-state index in [0.717, 1.165) is 24.2 Å². The number of esters is 1. The zero-order valence-corrected chi connectivity index (χ0v) is 11.1. The number of rotatable bonds is 7. The average Bonchev–Trinajstić information content (AvgIpc) is 2.36. The molecule has 1 aromatic rings. The molecule has 1 rings (SSSR count). The van der Waals surface area contributed by atoms with E-state index < -0.39 is 5.97 Å². The van der Waals surface area contributed by atoms with Crippen LogP contribution in [0.3, 0.4) is 0 Å². The van der Waals surface area contributed by atoms with Gasteiger partial charge in [-0.15, -0.1) is 0 Å². The van der Waals surface area contributed by atoms with Crippen LogP contribution in [-0.4, -0.2) is 17.9 Å². The molecule has 92 valence electrons. The van der Waals surface area contributed by atoms with Gasteiger partial charge in [-0.2, -0.15) is 0 Å². The van der Waals surface area contributed by atoms with Crippen molar-refractivity contribution in [2.24, 2.45) is 0 Å². The molecule has 0 aliphatic rings. The third kappa shape index (κ3) is 5.04. The van der Waals surface area contributed by atoms with Crippen LogP contribution in [-0.2, 0) is 4.79 Å². The van der Waals surface area contributed by atoms with E-state index in [-0.39, 0.29) is 0 Å². The van der Waals surface area contributed by atoms with Gasteiger partial charge in [-0.05, 0) is 25.0 Å². The van der Waals surface area contributed by atoms with Crippen molar-refractivity contribution in [1.82, 2.24) is 0 Å². The van der Waals surface area contributed by atoms with Gasteiger partial charge in [0.2, 0.25) is 0 Å². The Morgan fingerprint density at radius 1 is 1.29 bits per heavy atom. The maximum Gasteiger partial charge on any atom is 0.335 e. The lowest BCUT2D eigenvalue weighted by atomic mass is 10.3. The second-order valence-corrected chi connectivity index (χ2v) is 4.11. The van der Waals surface area contributed by atoms with Crippen LogP contribution in [0.25, 0.3) is 0 Å². The summed E-state index contributed by atoms with van der Waals surface area (Å²) in [5.74, 6) is 0.523. The molecule has 0 spiro atoms. The highest BCUT2D eigenvalue weighted by Gasteiger charge is 2.06. The third-order valence-corrected chi connectivity index (χ3v) is 2.57. The summed E-state index contributed by atoms with van der Waals surface area (Å²) < 4.78 is 10.6. The molecule has 0 saturated heterocycles. The van der Waals surface area contributed by atoms with Crippen molar-refractivity contribution in [1.29, 1.82) is 0 Å². The summed E-state index contributed by atoms with van der Waals surface area (Å²) in [6.45, 7) is 3.96. The van der Waals surface area contributed by atoms with Gasteiger partial charge in [0.1, 0.15) is 0 Å². The average molecular weight is 299 g/mol. The van der Waals surface area contributed by atoms with E-state index in [1.807, 2.05) is 6.07 Å². The van der Waals surface area contributed by atoms with Crippen molar-refractivity contribution >= 4 is 21.9 Å². The molecule has 0 aliphatic carbocycles. The van der Waals surface area contributed by atoms with E-state index in [9.17, 15) is 4.79 Å². The van der Waals surface area contributed by atoms with Gasteiger partial charge in [0.25, 0.3) is 0 Å². The first-order valence-electron chi connectivity index (χ1n) is 5.40. The molecule has 0 atom stereocenters. The largest absolute Gasteiger partial charge is 0.490 e. The van der Waals surface area contributed by atoms with Crippen LogP contribution < -0.4 is 9.47 Å². The summed E-state index contributed by atoms with van der Waals surface area (Å²) in [6, 6.07) is 7.10. The second-order valence-electron chi connectivity index (χ2n) is 3.32. The monoisotopic (exact) mass is 298 g/mol. The summed E-state index contributed by atoms with van der Waals surface area (Å²) in [7, 11) is 0. The first kappa shape index (κ1) is 13.8. The first-order chi connectivity index (χ1) is 8.27. The predicted octanol–water partition coefficient (Wildman–Crippen LogP) is 3.33. The molecule has 0 N–H and O–H groups in total. The van der Waals surface area contributed by atoms with Gasteiger partial charge < -0.3 is 9.47 Å². The third-order valence-electron chi connectivity index (χ3n) is 2.01. The molecule has 0 saturated carbocycles. The molecule has 0 amide bonds. The lowest BCUT2D eigenvalue weighted by Gasteiger charge is -2.10. The van der Waals surface area contributed by atoms with Crippen LogP contribution in [0.5, 0.6) is 11.5 Å². The first-order valence-corrected chi connectivity index (χ1v) is 6.52. The molecule has 4 heteroatoms. The van der Waals surface area contributed by atoms with Crippen molar-refractivity contribution in [3.8, 4) is 11.5 Å². The lowest BCUT2D eigenvalue weighted by Crippen LogP contribution is -2.06. The maximum atomic E-state index is 11.1. The van der Waals surface area contributed by atoms with Crippen LogP contribution >= 0.6 is 15.9 Å². The summed E-state index contributed by atoms with van der Waals surface area (Å²) in [6.07, 6.45) is 3.13. The fourth-order valence-electron chi connectivity index (χ4n) is 1.18. The highest BCUT2D eigenvalue weighted by Crippen LogP contribution is 2.26. The van der Waals surface area contributed by atoms with E-state index in [1.165, 1.54) is 0 Å². The Labute approximate surface area is 110 Å². The molecule has 0 fully saturated rings. The van der Waals surface area contributed by atoms with Crippen molar-refractivity contribution in [2.45, 2.75) is 12.8 Å². The van der Waals surface area contributed by atoms with Crippen LogP contribution in [0.4, 0.5) is 0 Å². The predicted molar refractivity (Wildman–Crippen MR) is 70.8 cm³/mol. The minimum atomic E-state index is -0.485. The molecule has 0 heterocycles.